The average Bonchev–Trinajstić information content (AvgIpc) is 1.90. The zero-order valence-corrected chi connectivity index (χ0v) is 9.62. The van der Waals surface area contributed by atoms with Gasteiger partial charge in [0.1, 0.15) is 0 Å². The maximum atomic E-state index is 4.86. The molecule has 0 aliphatic rings. The summed E-state index contributed by atoms with van der Waals surface area (Å²) in [6.07, 6.45) is 0. The molecule has 0 bridgehead atoms. The van der Waals surface area contributed by atoms with Crippen molar-refractivity contribution in [2.75, 3.05) is 7.11 Å². The molecule has 0 aliphatic heterocycles. The van der Waals surface area contributed by atoms with Crippen LogP contribution in [-0.2, 0) is 19.5 Å². The first-order valence-corrected chi connectivity index (χ1v) is 2.44. The molecule has 0 fully saturated rings. The van der Waals surface area contributed by atoms with Crippen molar-refractivity contribution in [1.82, 2.24) is 0 Å². The summed E-state index contributed by atoms with van der Waals surface area (Å²) in [5, 5.41) is 0. The fourth-order valence-corrected chi connectivity index (χ4v) is 0.504. The molecule has 0 heterocycles. The van der Waals surface area contributed by atoms with Gasteiger partial charge in [0.25, 0.3) is 0 Å². The van der Waals surface area contributed by atoms with E-state index in [1.165, 1.54) is 0 Å². The van der Waals surface area contributed by atoms with E-state index in [4.69, 9.17) is 4.74 Å². The Morgan fingerprint density at radius 3 is 2.40 bits per heavy atom. The Kier molecular flexibility index (Phi) is 8.87. The summed E-state index contributed by atoms with van der Waals surface area (Å²) in [5.74, 6) is 0.785. The van der Waals surface area contributed by atoms with Crippen molar-refractivity contribution in [1.29, 1.82) is 0 Å². The van der Waals surface area contributed by atoms with Crippen LogP contribution in [0.15, 0.2) is 24.3 Å². The average molecular weight is 209 g/mol. The summed E-state index contributed by atoms with van der Waals surface area (Å²) in [7, 11) is 1.63. The van der Waals surface area contributed by atoms with Gasteiger partial charge in [0.2, 0.25) is 0 Å². The largest absolute Gasteiger partial charge is 0.523 e. The van der Waals surface area contributed by atoms with Crippen LogP contribution in [0.1, 0.15) is 0 Å². The molecule has 1 aromatic rings. The van der Waals surface area contributed by atoms with Gasteiger partial charge in [-0.3, -0.25) is 0 Å². The van der Waals surface area contributed by atoms with Crippen LogP contribution in [0.3, 0.4) is 0 Å². The number of halogens is 1. The van der Waals surface area contributed by atoms with Crippen molar-refractivity contribution >= 4 is 12.4 Å². The minimum absolute atomic E-state index is 0. The topological polar surface area (TPSA) is 9.23 Å². The molecule has 0 radical (unpaired) electrons. The van der Waals surface area contributed by atoms with Crippen LogP contribution in [0, 0.1) is 6.07 Å². The van der Waals surface area contributed by atoms with Gasteiger partial charge in [-0.2, -0.15) is 18.2 Å². The Morgan fingerprint density at radius 1 is 1.40 bits per heavy atom. The van der Waals surface area contributed by atoms with E-state index in [0.29, 0.717) is 0 Å². The SMILES string of the molecule is COc1[c-]cccc1.Cl.[Zn]. The van der Waals surface area contributed by atoms with Crippen LogP contribution in [0.4, 0.5) is 0 Å². The Bertz CT molecular complexity index is 155. The molecule has 0 atom stereocenters. The third-order valence-electron chi connectivity index (χ3n) is 0.900. The summed E-state index contributed by atoms with van der Waals surface area (Å²) in [6.45, 7) is 0. The van der Waals surface area contributed by atoms with Gasteiger partial charge in [-0.05, 0) is 0 Å². The summed E-state index contributed by atoms with van der Waals surface area (Å²) in [6, 6.07) is 10.4. The molecule has 0 aliphatic carbocycles. The quantitative estimate of drug-likeness (QED) is 0.507. The zero-order valence-electron chi connectivity index (χ0n) is 5.83. The molecule has 0 N–H and O–H groups in total. The summed E-state index contributed by atoms with van der Waals surface area (Å²) >= 11 is 0. The first-order valence-electron chi connectivity index (χ1n) is 2.44. The number of hydrogen-bond donors (Lipinski definition) is 0. The Morgan fingerprint density at radius 2 is 2.10 bits per heavy atom. The van der Waals surface area contributed by atoms with E-state index in [2.05, 4.69) is 6.07 Å². The van der Waals surface area contributed by atoms with Gasteiger partial charge in [-0.15, -0.1) is 24.5 Å². The normalized spacial score (nSPS) is 6.90. The van der Waals surface area contributed by atoms with Crippen LogP contribution < -0.4 is 4.74 Å². The molecule has 1 rings (SSSR count). The van der Waals surface area contributed by atoms with Gasteiger partial charge in [-0.1, -0.05) is 0 Å². The number of ether oxygens (including phenoxy) is 1. The minimum Gasteiger partial charge on any atom is -0.523 e. The minimum atomic E-state index is 0. The van der Waals surface area contributed by atoms with Crippen molar-refractivity contribution < 1.29 is 24.2 Å². The second kappa shape index (κ2) is 7.05. The Balaban J connectivity index is 0. The Labute approximate surface area is 79.9 Å². The molecule has 10 heavy (non-hydrogen) atoms. The molecule has 0 aromatic heterocycles. The van der Waals surface area contributed by atoms with E-state index >= 15 is 0 Å². The standard InChI is InChI=1S/C7H7O.ClH.Zn/c1-8-7-5-3-2-4-6-7;;/h2-5H,1H3;1H;/q-1;;. The molecule has 0 unspecified atom stereocenters. The summed E-state index contributed by atoms with van der Waals surface area (Å²) < 4.78 is 4.86. The number of methoxy groups -OCH3 is 1. The van der Waals surface area contributed by atoms with Gasteiger partial charge in [0.15, 0.2) is 0 Å². The molecule has 1 nitrogen and oxygen atoms in total. The fraction of sp³-hybridized carbons (Fsp3) is 0.143. The predicted octanol–water partition coefficient (Wildman–Crippen LogP) is 1.91. The monoisotopic (exact) mass is 207 g/mol. The van der Waals surface area contributed by atoms with E-state index in [9.17, 15) is 0 Å². The van der Waals surface area contributed by atoms with Gasteiger partial charge < -0.3 is 4.74 Å². The molecular formula is C7H8ClOZn-. The van der Waals surface area contributed by atoms with E-state index in [-0.39, 0.29) is 31.9 Å². The van der Waals surface area contributed by atoms with Crippen molar-refractivity contribution in [3.63, 3.8) is 0 Å². The van der Waals surface area contributed by atoms with Crippen molar-refractivity contribution in [3.05, 3.63) is 30.3 Å². The molecule has 0 amide bonds. The number of benzene rings is 1. The maximum absolute atomic E-state index is 4.86. The molecular weight excluding hydrogens is 201 g/mol. The van der Waals surface area contributed by atoms with Gasteiger partial charge >= 0.3 is 0 Å². The molecule has 52 valence electrons. The van der Waals surface area contributed by atoms with Gasteiger partial charge in [0, 0.05) is 25.2 Å². The van der Waals surface area contributed by atoms with E-state index in [1.54, 1.807) is 7.11 Å². The molecule has 1 aromatic carbocycles. The van der Waals surface area contributed by atoms with Gasteiger partial charge in [0.05, 0.1) is 7.11 Å². The van der Waals surface area contributed by atoms with Crippen LogP contribution in [0.25, 0.3) is 0 Å². The third kappa shape index (κ3) is 3.87. The van der Waals surface area contributed by atoms with E-state index in [0.717, 1.165) is 5.75 Å². The smallest absolute Gasteiger partial charge is 0.0743 e. The molecule has 3 heteroatoms. The van der Waals surface area contributed by atoms with Crippen LogP contribution in [-0.4, -0.2) is 7.11 Å². The molecule has 0 saturated carbocycles. The van der Waals surface area contributed by atoms with Crippen molar-refractivity contribution in [2.24, 2.45) is 0 Å². The van der Waals surface area contributed by atoms with Crippen LogP contribution in [0.2, 0.25) is 0 Å². The van der Waals surface area contributed by atoms with E-state index in [1.807, 2.05) is 24.3 Å². The first-order chi connectivity index (χ1) is 3.93. The van der Waals surface area contributed by atoms with E-state index < -0.39 is 0 Å². The predicted molar refractivity (Wildman–Crippen MR) is 39.1 cm³/mol. The zero-order chi connectivity index (χ0) is 5.82. The first kappa shape index (κ1) is 12.6. The summed E-state index contributed by atoms with van der Waals surface area (Å²) in [5.41, 5.74) is 0. The Hall–Kier alpha value is -0.0666. The van der Waals surface area contributed by atoms with Crippen molar-refractivity contribution in [3.8, 4) is 5.75 Å². The second-order valence-corrected chi connectivity index (χ2v) is 1.43. The number of hydrogen-bond acceptors (Lipinski definition) is 1. The maximum Gasteiger partial charge on any atom is 0.0743 e. The summed E-state index contributed by atoms with van der Waals surface area (Å²) in [4.78, 5) is 0. The third-order valence-corrected chi connectivity index (χ3v) is 0.900. The fourth-order valence-electron chi connectivity index (χ4n) is 0.504. The second-order valence-electron chi connectivity index (χ2n) is 1.43. The molecule has 0 spiro atoms. The van der Waals surface area contributed by atoms with Gasteiger partial charge in [-0.25, -0.2) is 0 Å². The molecule has 0 saturated heterocycles. The van der Waals surface area contributed by atoms with Crippen LogP contribution >= 0.6 is 12.4 Å². The number of rotatable bonds is 1. The number of para-hydroxylation sites is 1. The van der Waals surface area contributed by atoms with Crippen LogP contribution in [0.5, 0.6) is 5.75 Å². The van der Waals surface area contributed by atoms with Crippen molar-refractivity contribution in [2.45, 2.75) is 0 Å².